The number of H-pyrrole nitrogens is 1. The van der Waals surface area contributed by atoms with Crippen LogP contribution in [0.4, 0.5) is 0 Å². The summed E-state index contributed by atoms with van der Waals surface area (Å²) in [6.07, 6.45) is 1.86. The molecule has 2 heterocycles. The van der Waals surface area contributed by atoms with Crippen LogP contribution >= 0.6 is 0 Å². The van der Waals surface area contributed by atoms with Crippen molar-refractivity contribution in [1.82, 2.24) is 30.8 Å². The number of amides is 2. The van der Waals surface area contributed by atoms with Crippen LogP contribution in [0.1, 0.15) is 5.56 Å². The van der Waals surface area contributed by atoms with Gasteiger partial charge in [0.25, 0.3) is 11.5 Å². The smallest absolute Gasteiger partial charge is 0.278 e. The lowest BCUT2D eigenvalue weighted by molar-refractivity contribution is -0.129. The molecule has 0 unspecified atom stereocenters. The number of carbonyl (C=O) groups excluding carboxylic acids is 2. The molecule has 0 atom stereocenters. The Morgan fingerprint density at radius 2 is 1.68 bits per heavy atom. The number of para-hydroxylation sites is 1. The van der Waals surface area contributed by atoms with E-state index in [1.165, 1.54) is 0 Å². The van der Waals surface area contributed by atoms with E-state index < -0.39 is 11.5 Å². The molecule has 0 aliphatic carbocycles. The number of nitrogens with one attached hydrogen (secondary N) is 3. The number of hydrogen-bond donors (Lipinski definition) is 3. The molecule has 4 aromatic rings. The summed E-state index contributed by atoms with van der Waals surface area (Å²) in [5.41, 5.74) is 6.42. The molecule has 0 aliphatic heterocycles. The molecule has 2 aromatic heterocycles. The first kappa shape index (κ1) is 17.4. The van der Waals surface area contributed by atoms with Gasteiger partial charge in [-0.2, -0.15) is 0 Å². The molecule has 3 N–H and O–H groups in total. The van der Waals surface area contributed by atoms with Gasteiger partial charge in [0, 0.05) is 17.1 Å². The molecule has 0 spiro atoms. The first-order chi connectivity index (χ1) is 13.6. The predicted octanol–water partition coefficient (Wildman–Crippen LogP) is 0.663. The van der Waals surface area contributed by atoms with E-state index in [1.807, 2.05) is 24.3 Å². The van der Waals surface area contributed by atoms with E-state index in [9.17, 15) is 14.4 Å². The van der Waals surface area contributed by atoms with Crippen LogP contribution in [0.5, 0.6) is 0 Å². The van der Waals surface area contributed by atoms with Crippen molar-refractivity contribution in [2.75, 3.05) is 0 Å². The Labute approximate surface area is 158 Å². The zero-order chi connectivity index (χ0) is 19.5. The minimum Gasteiger partial charge on any atom is -0.361 e. The van der Waals surface area contributed by atoms with Crippen LogP contribution in [0.2, 0.25) is 0 Å². The zero-order valence-electron chi connectivity index (χ0n) is 14.7. The van der Waals surface area contributed by atoms with E-state index in [-0.39, 0.29) is 18.9 Å². The van der Waals surface area contributed by atoms with Crippen molar-refractivity contribution in [3.05, 3.63) is 70.6 Å². The molecule has 0 saturated carbocycles. The molecule has 0 radical (unpaired) electrons. The first-order valence-corrected chi connectivity index (χ1v) is 8.57. The number of rotatable bonds is 4. The van der Waals surface area contributed by atoms with Crippen molar-refractivity contribution >= 4 is 33.6 Å². The highest BCUT2D eigenvalue weighted by atomic mass is 16.2. The number of hydrazine groups is 1. The number of carbonyl (C=O) groups is 2. The van der Waals surface area contributed by atoms with Crippen LogP contribution in [-0.4, -0.2) is 31.8 Å². The summed E-state index contributed by atoms with van der Waals surface area (Å²) in [4.78, 5) is 39.6. The summed E-state index contributed by atoms with van der Waals surface area (Å²) in [5, 5.41) is 8.97. The van der Waals surface area contributed by atoms with Gasteiger partial charge in [-0.3, -0.25) is 25.2 Å². The van der Waals surface area contributed by atoms with Crippen molar-refractivity contribution in [2.45, 2.75) is 13.0 Å². The normalized spacial score (nSPS) is 10.9. The summed E-state index contributed by atoms with van der Waals surface area (Å²) >= 11 is 0. The van der Waals surface area contributed by atoms with Crippen molar-refractivity contribution in [1.29, 1.82) is 0 Å². The number of aromatic nitrogens is 4. The summed E-state index contributed by atoms with van der Waals surface area (Å²) < 4.78 is 0.948. The molecule has 140 valence electrons. The van der Waals surface area contributed by atoms with Crippen LogP contribution in [-0.2, 0) is 22.6 Å². The SMILES string of the molecule is O=C(Cc1c[nH]c2ccccc12)NNC(=O)Cn1nnc2ccccc2c1=O. The highest BCUT2D eigenvalue weighted by Crippen LogP contribution is 2.17. The average Bonchev–Trinajstić information content (AvgIpc) is 3.12. The second kappa shape index (κ2) is 7.31. The van der Waals surface area contributed by atoms with Crippen molar-refractivity contribution < 1.29 is 9.59 Å². The molecule has 0 bridgehead atoms. The van der Waals surface area contributed by atoms with Gasteiger partial charge in [-0.1, -0.05) is 35.5 Å². The maximum absolute atomic E-state index is 12.3. The van der Waals surface area contributed by atoms with E-state index in [4.69, 9.17) is 0 Å². The number of nitrogens with zero attached hydrogens (tertiary/aromatic N) is 3. The Morgan fingerprint density at radius 1 is 0.964 bits per heavy atom. The van der Waals surface area contributed by atoms with E-state index in [0.29, 0.717) is 10.9 Å². The van der Waals surface area contributed by atoms with Crippen LogP contribution < -0.4 is 16.4 Å². The maximum Gasteiger partial charge on any atom is 0.278 e. The Morgan fingerprint density at radius 3 is 2.54 bits per heavy atom. The summed E-state index contributed by atoms with van der Waals surface area (Å²) in [7, 11) is 0. The molecule has 9 nitrogen and oxygen atoms in total. The van der Waals surface area contributed by atoms with Crippen molar-refractivity contribution in [3.63, 3.8) is 0 Å². The second-order valence-corrected chi connectivity index (χ2v) is 6.20. The van der Waals surface area contributed by atoms with Crippen LogP contribution in [0.15, 0.2) is 59.5 Å². The van der Waals surface area contributed by atoms with Gasteiger partial charge in [0.2, 0.25) is 5.91 Å². The summed E-state index contributed by atoms with van der Waals surface area (Å²) in [6.45, 7) is -0.357. The monoisotopic (exact) mass is 376 g/mol. The maximum atomic E-state index is 12.3. The molecule has 0 saturated heterocycles. The third-order valence-corrected chi connectivity index (χ3v) is 4.29. The largest absolute Gasteiger partial charge is 0.361 e. The Balaban J connectivity index is 1.37. The van der Waals surface area contributed by atoms with Gasteiger partial charge >= 0.3 is 0 Å². The third-order valence-electron chi connectivity index (χ3n) is 4.29. The second-order valence-electron chi connectivity index (χ2n) is 6.20. The van der Waals surface area contributed by atoms with Gasteiger partial charge < -0.3 is 4.98 Å². The molecule has 9 heteroatoms. The summed E-state index contributed by atoms with van der Waals surface area (Å²) in [6, 6.07) is 14.4. The molecule has 2 aromatic carbocycles. The Kier molecular flexibility index (Phi) is 4.55. The lowest BCUT2D eigenvalue weighted by Crippen LogP contribution is -2.45. The van der Waals surface area contributed by atoms with E-state index in [0.717, 1.165) is 21.1 Å². The molecule has 2 amide bonds. The molecular weight excluding hydrogens is 360 g/mol. The lowest BCUT2D eigenvalue weighted by atomic mass is 10.1. The lowest BCUT2D eigenvalue weighted by Gasteiger charge is -2.08. The number of aromatic amines is 1. The van der Waals surface area contributed by atoms with Crippen molar-refractivity contribution in [3.8, 4) is 0 Å². The standard InChI is InChI=1S/C19H16N6O3/c26-17(9-12-10-20-15-7-3-1-5-13(12)15)22-23-18(27)11-25-19(28)14-6-2-4-8-16(14)21-24-25/h1-8,10,20H,9,11H2,(H,22,26)(H,23,27). The highest BCUT2D eigenvalue weighted by molar-refractivity contribution is 5.89. The molecular formula is C19H16N6O3. The minimum absolute atomic E-state index is 0.0972. The first-order valence-electron chi connectivity index (χ1n) is 8.57. The molecule has 0 fully saturated rings. The van der Waals surface area contributed by atoms with E-state index >= 15 is 0 Å². The average molecular weight is 376 g/mol. The molecule has 28 heavy (non-hydrogen) atoms. The van der Waals surface area contributed by atoms with Gasteiger partial charge in [-0.25, -0.2) is 4.68 Å². The van der Waals surface area contributed by atoms with Gasteiger partial charge in [0.05, 0.1) is 11.8 Å². The van der Waals surface area contributed by atoms with E-state index in [2.05, 4.69) is 26.1 Å². The fraction of sp³-hybridized carbons (Fsp3) is 0.105. The van der Waals surface area contributed by atoms with Gasteiger partial charge in [0.1, 0.15) is 12.1 Å². The minimum atomic E-state index is -0.584. The van der Waals surface area contributed by atoms with Gasteiger partial charge in [0.15, 0.2) is 0 Å². The van der Waals surface area contributed by atoms with Crippen LogP contribution in [0, 0.1) is 0 Å². The Bertz CT molecular complexity index is 1240. The van der Waals surface area contributed by atoms with Crippen LogP contribution in [0.25, 0.3) is 21.8 Å². The number of hydrogen-bond acceptors (Lipinski definition) is 5. The van der Waals surface area contributed by atoms with Crippen LogP contribution in [0.3, 0.4) is 0 Å². The molecule has 4 rings (SSSR count). The Hall–Kier alpha value is -4.01. The predicted molar refractivity (Wildman–Crippen MR) is 102 cm³/mol. The number of benzene rings is 2. The quantitative estimate of drug-likeness (QED) is 0.452. The zero-order valence-corrected chi connectivity index (χ0v) is 14.7. The third kappa shape index (κ3) is 3.45. The highest BCUT2D eigenvalue weighted by Gasteiger charge is 2.12. The fourth-order valence-corrected chi connectivity index (χ4v) is 2.94. The topological polar surface area (TPSA) is 122 Å². The summed E-state index contributed by atoms with van der Waals surface area (Å²) in [5.74, 6) is -0.964. The fourth-order valence-electron chi connectivity index (χ4n) is 2.94. The number of fused-ring (bicyclic) bond motifs is 2. The van der Waals surface area contributed by atoms with Crippen molar-refractivity contribution in [2.24, 2.45) is 0 Å². The van der Waals surface area contributed by atoms with E-state index in [1.54, 1.807) is 30.5 Å². The van der Waals surface area contributed by atoms with Gasteiger partial charge in [-0.05, 0) is 23.8 Å². The molecule has 0 aliphatic rings. The van der Waals surface area contributed by atoms with Gasteiger partial charge in [-0.15, -0.1) is 5.10 Å².